The number of carbonyl (C=O) groups excluding carboxylic acids is 1. The number of nitrogens with one attached hydrogen (secondary N) is 2. The van der Waals surface area contributed by atoms with Crippen LogP contribution in [-0.2, 0) is 6.61 Å². The number of H-pyrrole nitrogens is 1. The van der Waals surface area contributed by atoms with Gasteiger partial charge in [-0.1, -0.05) is 30.3 Å². The first-order chi connectivity index (χ1) is 13.6. The van der Waals surface area contributed by atoms with E-state index in [0.29, 0.717) is 23.9 Å². The molecular weight excluding hydrogens is 360 g/mol. The van der Waals surface area contributed by atoms with E-state index in [9.17, 15) is 9.59 Å². The third-order valence-corrected chi connectivity index (χ3v) is 4.12. The van der Waals surface area contributed by atoms with Gasteiger partial charge in [-0.05, 0) is 18.6 Å². The van der Waals surface area contributed by atoms with Crippen LogP contribution in [0.4, 0.5) is 5.69 Å². The van der Waals surface area contributed by atoms with Crippen molar-refractivity contribution in [2.24, 2.45) is 0 Å². The van der Waals surface area contributed by atoms with Crippen molar-refractivity contribution in [2.75, 3.05) is 5.32 Å². The number of carbonyl (C=O) groups is 1. The Morgan fingerprint density at radius 3 is 2.75 bits per heavy atom. The van der Waals surface area contributed by atoms with Crippen molar-refractivity contribution in [3.63, 3.8) is 0 Å². The van der Waals surface area contributed by atoms with Gasteiger partial charge in [0.1, 0.15) is 17.8 Å². The van der Waals surface area contributed by atoms with E-state index in [1.54, 1.807) is 19.1 Å². The van der Waals surface area contributed by atoms with E-state index in [0.717, 1.165) is 5.56 Å². The Bertz CT molecular complexity index is 1180. The lowest BCUT2D eigenvalue weighted by molar-refractivity contribution is 0.102. The molecule has 2 N–H and O–H groups in total. The number of aryl methyl sites for hydroxylation is 1. The summed E-state index contributed by atoms with van der Waals surface area (Å²) in [6, 6.07) is 13.1. The molecule has 3 heterocycles. The van der Waals surface area contributed by atoms with E-state index in [4.69, 9.17) is 9.15 Å². The van der Waals surface area contributed by atoms with E-state index in [2.05, 4.69) is 20.3 Å². The van der Waals surface area contributed by atoms with Crippen LogP contribution in [0.5, 0.6) is 5.88 Å². The molecule has 8 nitrogen and oxygen atoms in total. The molecule has 0 fully saturated rings. The van der Waals surface area contributed by atoms with Gasteiger partial charge in [0.05, 0.1) is 23.8 Å². The molecule has 0 bridgehead atoms. The Labute approximate surface area is 159 Å². The quantitative estimate of drug-likeness (QED) is 0.554. The molecule has 28 heavy (non-hydrogen) atoms. The third kappa shape index (κ3) is 3.48. The van der Waals surface area contributed by atoms with E-state index in [-0.39, 0.29) is 16.7 Å². The summed E-state index contributed by atoms with van der Waals surface area (Å²) in [4.78, 5) is 35.3. The number of aromatic nitrogens is 3. The van der Waals surface area contributed by atoms with Gasteiger partial charge in [-0.3, -0.25) is 9.59 Å². The number of pyridine rings is 1. The summed E-state index contributed by atoms with van der Waals surface area (Å²) in [6.07, 6.45) is 2.71. The van der Waals surface area contributed by atoms with Crippen LogP contribution in [0.3, 0.4) is 0 Å². The first kappa shape index (κ1) is 17.5. The lowest BCUT2D eigenvalue weighted by Gasteiger charge is -2.07. The summed E-state index contributed by atoms with van der Waals surface area (Å²) >= 11 is 0. The maximum absolute atomic E-state index is 12.6. The average molecular weight is 376 g/mol. The van der Waals surface area contributed by atoms with E-state index in [1.807, 2.05) is 30.3 Å². The highest BCUT2D eigenvalue weighted by atomic mass is 16.5. The predicted octanol–water partition coefficient (Wildman–Crippen LogP) is 3.05. The van der Waals surface area contributed by atoms with Crippen molar-refractivity contribution in [3.05, 3.63) is 82.2 Å². The molecule has 1 amide bonds. The van der Waals surface area contributed by atoms with Gasteiger partial charge < -0.3 is 19.5 Å². The monoisotopic (exact) mass is 376 g/mol. The maximum Gasteiger partial charge on any atom is 0.262 e. The molecule has 0 aliphatic carbocycles. The summed E-state index contributed by atoms with van der Waals surface area (Å²) in [5.41, 5.74) is 1.33. The molecule has 4 aromatic rings. The highest BCUT2D eigenvalue weighted by Gasteiger charge is 2.21. The second-order valence-electron chi connectivity index (χ2n) is 6.06. The minimum atomic E-state index is -0.477. The molecule has 140 valence electrons. The molecule has 0 radical (unpaired) electrons. The standard InChI is InChI=1S/C20H16N4O4/c1-12-16(17-18(25)22-11-23-20(17)28-12)19(26)24-14-7-8-15(21-9-14)27-10-13-5-3-2-4-6-13/h2-9,11H,10H2,1H3,(H,24,26)(H,22,23,25). The molecule has 3 aromatic heterocycles. The number of benzene rings is 1. The fraction of sp³-hybridized carbons (Fsp3) is 0.100. The normalized spacial score (nSPS) is 10.8. The molecule has 0 aliphatic heterocycles. The van der Waals surface area contributed by atoms with E-state index >= 15 is 0 Å². The van der Waals surface area contributed by atoms with Gasteiger partial charge in [0.15, 0.2) is 0 Å². The summed E-state index contributed by atoms with van der Waals surface area (Å²) in [5.74, 6) is 0.273. The van der Waals surface area contributed by atoms with Gasteiger partial charge in [0.2, 0.25) is 11.6 Å². The van der Waals surface area contributed by atoms with Gasteiger partial charge >= 0.3 is 0 Å². The smallest absolute Gasteiger partial charge is 0.262 e. The van der Waals surface area contributed by atoms with Crippen LogP contribution in [0, 0.1) is 6.92 Å². The van der Waals surface area contributed by atoms with Crippen LogP contribution >= 0.6 is 0 Å². The number of anilines is 1. The van der Waals surface area contributed by atoms with Crippen LogP contribution in [0.15, 0.2) is 64.2 Å². The van der Waals surface area contributed by atoms with E-state index in [1.165, 1.54) is 12.5 Å². The Kier molecular flexibility index (Phi) is 4.59. The molecule has 0 unspecified atom stereocenters. The Balaban J connectivity index is 1.48. The van der Waals surface area contributed by atoms with Gasteiger partial charge in [-0.2, -0.15) is 0 Å². The number of amides is 1. The number of furan rings is 1. The molecule has 0 saturated carbocycles. The SMILES string of the molecule is Cc1oc2nc[nH]c(=O)c2c1C(=O)Nc1ccc(OCc2ccccc2)nc1. The summed E-state index contributed by atoms with van der Waals surface area (Å²) in [7, 11) is 0. The summed E-state index contributed by atoms with van der Waals surface area (Å²) in [6.45, 7) is 2.00. The van der Waals surface area contributed by atoms with Crippen molar-refractivity contribution in [1.82, 2.24) is 15.0 Å². The Hall–Kier alpha value is -3.94. The second-order valence-corrected chi connectivity index (χ2v) is 6.06. The van der Waals surface area contributed by atoms with Crippen LogP contribution in [0.1, 0.15) is 21.7 Å². The topological polar surface area (TPSA) is 110 Å². The van der Waals surface area contributed by atoms with Gasteiger partial charge in [0.25, 0.3) is 11.5 Å². The largest absolute Gasteiger partial charge is 0.473 e. The van der Waals surface area contributed by atoms with Gasteiger partial charge in [-0.25, -0.2) is 9.97 Å². The first-order valence-electron chi connectivity index (χ1n) is 8.53. The van der Waals surface area contributed by atoms with Gasteiger partial charge in [0, 0.05) is 6.07 Å². The summed E-state index contributed by atoms with van der Waals surface area (Å²) in [5, 5.41) is 2.83. The fourth-order valence-electron chi connectivity index (χ4n) is 2.79. The highest BCUT2D eigenvalue weighted by molar-refractivity contribution is 6.12. The number of rotatable bonds is 5. The van der Waals surface area contributed by atoms with Crippen molar-refractivity contribution in [1.29, 1.82) is 0 Å². The number of hydrogen-bond donors (Lipinski definition) is 2. The van der Waals surface area contributed by atoms with Crippen molar-refractivity contribution in [3.8, 4) is 5.88 Å². The number of aromatic amines is 1. The number of hydrogen-bond acceptors (Lipinski definition) is 6. The first-order valence-corrected chi connectivity index (χ1v) is 8.53. The fourth-order valence-corrected chi connectivity index (χ4v) is 2.79. The van der Waals surface area contributed by atoms with E-state index < -0.39 is 11.5 Å². The van der Waals surface area contributed by atoms with Crippen LogP contribution < -0.4 is 15.6 Å². The van der Waals surface area contributed by atoms with Gasteiger partial charge in [-0.15, -0.1) is 0 Å². The zero-order chi connectivity index (χ0) is 19.5. The molecule has 8 heteroatoms. The zero-order valence-electron chi connectivity index (χ0n) is 14.9. The number of fused-ring (bicyclic) bond motifs is 1. The second kappa shape index (κ2) is 7.36. The molecule has 0 spiro atoms. The lowest BCUT2D eigenvalue weighted by atomic mass is 10.2. The van der Waals surface area contributed by atoms with Crippen molar-refractivity contribution < 1.29 is 13.9 Å². The number of ether oxygens (including phenoxy) is 1. The van der Waals surface area contributed by atoms with Crippen LogP contribution in [0.25, 0.3) is 11.1 Å². The third-order valence-electron chi connectivity index (χ3n) is 4.12. The zero-order valence-corrected chi connectivity index (χ0v) is 14.9. The molecule has 0 saturated heterocycles. The summed E-state index contributed by atoms with van der Waals surface area (Å²) < 4.78 is 11.0. The van der Waals surface area contributed by atoms with Crippen molar-refractivity contribution in [2.45, 2.75) is 13.5 Å². The molecule has 4 rings (SSSR count). The van der Waals surface area contributed by atoms with Crippen molar-refractivity contribution >= 4 is 22.7 Å². The lowest BCUT2D eigenvalue weighted by Crippen LogP contribution is -2.16. The predicted molar refractivity (Wildman–Crippen MR) is 102 cm³/mol. The molecular formula is C20H16N4O4. The minimum Gasteiger partial charge on any atom is -0.473 e. The van der Waals surface area contributed by atoms with Crippen LogP contribution in [0.2, 0.25) is 0 Å². The minimum absolute atomic E-state index is 0.119. The number of nitrogens with zero attached hydrogens (tertiary/aromatic N) is 2. The Morgan fingerprint density at radius 1 is 1.18 bits per heavy atom. The van der Waals surface area contributed by atoms with Crippen LogP contribution in [-0.4, -0.2) is 20.9 Å². The highest BCUT2D eigenvalue weighted by Crippen LogP contribution is 2.22. The molecule has 1 aromatic carbocycles. The molecule has 0 aliphatic rings. The maximum atomic E-state index is 12.6. The Morgan fingerprint density at radius 2 is 2.00 bits per heavy atom. The average Bonchev–Trinajstić information content (AvgIpc) is 3.05. The molecule has 0 atom stereocenters.